The highest BCUT2D eigenvalue weighted by atomic mass is 79.9. The largest absolute Gasteiger partial charge is 0.355 e. The fourth-order valence-electron chi connectivity index (χ4n) is 1.95. The van der Waals surface area contributed by atoms with Crippen LogP contribution >= 0.6 is 15.9 Å². The number of hydrogen-bond donors (Lipinski definition) is 0. The van der Waals surface area contributed by atoms with Gasteiger partial charge in [-0.15, -0.1) is 0 Å². The molecule has 1 aliphatic rings. The van der Waals surface area contributed by atoms with Crippen LogP contribution in [0.15, 0.2) is 0 Å². The van der Waals surface area contributed by atoms with E-state index in [9.17, 15) is 0 Å². The van der Waals surface area contributed by atoms with Gasteiger partial charge in [0.25, 0.3) is 0 Å². The Balaban J connectivity index is 2.48. The van der Waals surface area contributed by atoms with Crippen molar-refractivity contribution in [2.24, 2.45) is 0 Å². The number of aromatic nitrogens is 2. The minimum Gasteiger partial charge on any atom is -0.355 e. The lowest BCUT2D eigenvalue weighted by molar-refractivity contribution is 0.741. The normalized spacial score (nSPS) is 20.0. The lowest BCUT2D eigenvalue weighted by atomic mass is 10.1. The third-order valence-corrected chi connectivity index (χ3v) is 3.55. The van der Waals surface area contributed by atoms with Crippen molar-refractivity contribution in [1.82, 2.24) is 9.97 Å². The van der Waals surface area contributed by atoms with Gasteiger partial charge in [-0.2, -0.15) is 0 Å². The third-order valence-electron chi connectivity index (χ3n) is 2.80. The van der Waals surface area contributed by atoms with Crippen molar-refractivity contribution in [2.45, 2.75) is 26.3 Å². The van der Waals surface area contributed by atoms with Crippen molar-refractivity contribution in [3.05, 3.63) is 17.1 Å². The summed E-state index contributed by atoms with van der Waals surface area (Å²) in [5.41, 5.74) is 2.44. The minimum absolute atomic E-state index is 0.528. The van der Waals surface area contributed by atoms with Gasteiger partial charge in [0.05, 0.1) is 0 Å². The van der Waals surface area contributed by atoms with Gasteiger partial charge >= 0.3 is 0 Å². The van der Waals surface area contributed by atoms with E-state index in [2.05, 4.69) is 44.8 Å². The second-order valence-corrected chi connectivity index (χ2v) is 4.43. The molecule has 0 N–H and O–H groups in total. The Morgan fingerprint density at radius 2 is 2.14 bits per heavy atom. The smallest absolute Gasteiger partial charge is 0.135 e. The number of rotatable bonds is 1. The van der Waals surface area contributed by atoms with Crippen molar-refractivity contribution in [1.29, 1.82) is 0 Å². The highest BCUT2D eigenvalue weighted by Crippen LogP contribution is 2.31. The predicted molar refractivity (Wildman–Crippen MR) is 61.2 cm³/mol. The van der Waals surface area contributed by atoms with Crippen molar-refractivity contribution < 1.29 is 0 Å². The summed E-state index contributed by atoms with van der Waals surface area (Å²) < 4.78 is 0. The first-order chi connectivity index (χ1) is 6.63. The van der Waals surface area contributed by atoms with Crippen LogP contribution in [0.2, 0.25) is 0 Å². The highest BCUT2D eigenvalue weighted by molar-refractivity contribution is 9.09. The molecule has 0 radical (unpaired) electrons. The number of likely N-dealkylation sites (N-methyl/N-ethyl adjacent to an activating group) is 1. The molecule has 2 heterocycles. The number of aryl methyl sites for hydroxylation is 2. The summed E-state index contributed by atoms with van der Waals surface area (Å²) in [5, 5.41) is 0.984. The molecule has 1 unspecified atom stereocenters. The number of alkyl halides is 1. The van der Waals surface area contributed by atoms with Gasteiger partial charge in [0.2, 0.25) is 0 Å². The molecule has 1 aromatic rings. The Kier molecular flexibility index (Phi) is 2.47. The maximum Gasteiger partial charge on any atom is 0.135 e. The first-order valence-electron chi connectivity index (χ1n) is 4.76. The Morgan fingerprint density at radius 1 is 1.43 bits per heavy atom. The topological polar surface area (TPSA) is 29.0 Å². The van der Waals surface area contributed by atoms with Gasteiger partial charge in [-0.05, 0) is 20.3 Å². The molecule has 0 saturated heterocycles. The molecule has 76 valence electrons. The van der Waals surface area contributed by atoms with E-state index in [1.807, 2.05) is 6.92 Å². The summed E-state index contributed by atoms with van der Waals surface area (Å²) in [6, 6.07) is 0.528. The molecule has 1 atom stereocenters. The van der Waals surface area contributed by atoms with Crippen molar-refractivity contribution in [3.63, 3.8) is 0 Å². The zero-order chi connectivity index (χ0) is 10.3. The van der Waals surface area contributed by atoms with E-state index in [4.69, 9.17) is 0 Å². The maximum atomic E-state index is 4.49. The molecule has 0 saturated carbocycles. The van der Waals surface area contributed by atoms with Crippen LogP contribution in [-0.4, -0.2) is 28.4 Å². The second kappa shape index (κ2) is 3.50. The standard InChI is InChI=1S/C10H14BrN3/c1-6-9-4-8(5-11)14(3)10(9)13-7(2)12-6/h8H,4-5H2,1-3H3. The van der Waals surface area contributed by atoms with Crippen LogP contribution in [0.25, 0.3) is 0 Å². The van der Waals surface area contributed by atoms with Crippen LogP contribution in [-0.2, 0) is 6.42 Å². The third kappa shape index (κ3) is 1.41. The SMILES string of the molecule is Cc1nc(C)c2c(n1)N(C)C(CBr)C2. The van der Waals surface area contributed by atoms with Crippen molar-refractivity contribution in [3.8, 4) is 0 Å². The van der Waals surface area contributed by atoms with E-state index in [1.54, 1.807) is 0 Å². The lowest BCUT2D eigenvalue weighted by Gasteiger charge is -2.19. The predicted octanol–water partition coefficient (Wildman–Crippen LogP) is 1.85. The molecule has 1 aromatic heterocycles. The summed E-state index contributed by atoms with van der Waals surface area (Å²) in [7, 11) is 2.10. The van der Waals surface area contributed by atoms with Gasteiger partial charge < -0.3 is 4.90 Å². The number of fused-ring (bicyclic) bond motifs is 1. The summed E-state index contributed by atoms with van der Waals surface area (Å²) in [5.74, 6) is 1.97. The molecular weight excluding hydrogens is 242 g/mol. The van der Waals surface area contributed by atoms with Gasteiger partial charge in [0.1, 0.15) is 11.6 Å². The Morgan fingerprint density at radius 3 is 2.79 bits per heavy atom. The van der Waals surface area contributed by atoms with Crippen LogP contribution < -0.4 is 4.90 Å². The molecule has 0 aliphatic carbocycles. The van der Waals surface area contributed by atoms with Crippen LogP contribution in [0.3, 0.4) is 0 Å². The Labute approximate surface area is 92.7 Å². The quantitative estimate of drug-likeness (QED) is 0.718. The van der Waals surface area contributed by atoms with Gasteiger partial charge in [0.15, 0.2) is 0 Å². The van der Waals surface area contributed by atoms with Crippen molar-refractivity contribution >= 4 is 21.7 Å². The summed E-state index contributed by atoms with van der Waals surface area (Å²) >= 11 is 3.53. The molecule has 0 fully saturated rings. The first-order valence-corrected chi connectivity index (χ1v) is 5.88. The molecule has 1 aliphatic heterocycles. The van der Waals surface area contributed by atoms with E-state index < -0.39 is 0 Å². The Bertz CT molecular complexity index is 365. The molecule has 2 rings (SSSR count). The minimum atomic E-state index is 0.528. The van der Waals surface area contributed by atoms with Crippen LogP contribution in [0.4, 0.5) is 5.82 Å². The van der Waals surface area contributed by atoms with E-state index >= 15 is 0 Å². The molecular formula is C10H14BrN3. The van der Waals surface area contributed by atoms with Crippen molar-refractivity contribution in [2.75, 3.05) is 17.3 Å². The van der Waals surface area contributed by atoms with Gasteiger partial charge in [-0.3, -0.25) is 0 Å². The Hall–Kier alpha value is -0.640. The van der Waals surface area contributed by atoms with E-state index in [-0.39, 0.29) is 0 Å². The fraction of sp³-hybridized carbons (Fsp3) is 0.600. The monoisotopic (exact) mass is 255 g/mol. The van der Waals surface area contributed by atoms with Gasteiger partial charge in [-0.25, -0.2) is 9.97 Å². The number of hydrogen-bond acceptors (Lipinski definition) is 3. The van der Waals surface area contributed by atoms with E-state index in [0.717, 1.165) is 29.1 Å². The second-order valence-electron chi connectivity index (χ2n) is 3.78. The average Bonchev–Trinajstić information content (AvgIpc) is 2.44. The zero-order valence-electron chi connectivity index (χ0n) is 8.71. The van der Waals surface area contributed by atoms with Gasteiger partial charge in [-0.1, -0.05) is 15.9 Å². The molecule has 0 spiro atoms. The van der Waals surface area contributed by atoms with Crippen LogP contribution in [0.5, 0.6) is 0 Å². The average molecular weight is 256 g/mol. The first kappa shape index (κ1) is 9.90. The van der Waals surface area contributed by atoms with Crippen LogP contribution in [0.1, 0.15) is 17.1 Å². The maximum absolute atomic E-state index is 4.49. The lowest BCUT2D eigenvalue weighted by Crippen LogP contribution is -2.29. The highest BCUT2D eigenvalue weighted by Gasteiger charge is 2.28. The molecule has 4 heteroatoms. The summed E-state index contributed by atoms with van der Waals surface area (Å²) in [4.78, 5) is 11.1. The number of nitrogens with zero attached hydrogens (tertiary/aromatic N) is 3. The molecule has 0 bridgehead atoms. The molecule has 14 heavy (non-hydrogen) atoms. The summed E-state index contributed by atoms with van der Waals surface area (Å²) in [6.45, 7) is 4.01. The summed E-state index contributed by atoms with van der Waals surface area (Å²) in [6.07, 6.45) is 1.06. The van der Waals surface area contributed by atoms with Gasteiger partial charge in [0, 0.05) is 29.7 Å². The molecule has 3 nitrogen and oxygen atoms in total. The molecule has 0 amide bonds. The number of anilines is 1. The zero-order valence-corrected chi connectivity index (χ0v) is 10.3. The van der Waals surface area contributed by atoms with E-state index in [1.165, 1.54) is 5.56 Å². The molecule has 0 aromatic carbocycles. The van der Waals surface area contributed by atoms with E-state index in [0.29, 0.717) is 6.04 Å². The van der Waals surface area contributed by atoms with Crippen LogP contribution in [0, 0.1) is 13.8 Å². The number of halogens is 1. The fourth-order valence-corrected chi connectivity index (χ4v) is 2.62.